The molecule has 0 unspecified atom stereocenters. The summed E-state index contributed by atoms with van der Waals surface area (Å²) in [7, 11) is 0. The van der Waals surface area contributed by atoms with E-state index < -0.39 is 17.7 Å². The molecule has 1 heterocycles. The highest BCUT2D eigenvalue weighted by Gasteiger charge is 2.15. The Morgan fingerprint density at radius 1 is 1.23 bits per heavy atom. The summed E-state index contributed by atoms with van der Waals surface area (Å²) >= 11 is 0. The van der Waals surface area contributed by atoms with Crippen molar-refractivity contribution in [2.75, 3.05) is 6.54 Å². The van der Waals surface area contributed by atoms with Gasteiger partial charge in [-0.25, -0.2) is 14.4 Å². The third kappa shape index (κ3) is 3.55. The molecule has 0 spiro atoms. The molecule has 0 saturated carbocycles. The normalized spacial score (nSPS) is 10.7. The summed E-state index contributed by atoms with van der Waals surface area (Å²) in [6, 6.07) is 2.34. The fraction of sp³-hybridized carbons (Fsp3) is 0.333. The van der Waals surface area contributed by atoms with Crippen LogP contribution in [0.2, 0.25) is 0 Å². The highest BCUT2D eigenvalue weighted by Crippen LogP contribution is 2.19. The number of carbonyl (C=O) groups is 2. The Balaban J connectivity index is 2.27. The number of hydrogen-bond donors (Lipinski definition) is 2. The van der Waals surface area contributed by atoms with E-state index in [0.29, 0.717) is 28.8 Å². The number of aliphatic carboxylic acids is 1. The lowest BCUT2D eigenvalue weighted by atomic mass is 10.1. The molecule has 116 valence electrons. The van der Waals surface area contributed by atoms with Gasteiger partial charge in [-0.15, -0.1) is 0 Å². The van der Waals surface area contributed by atoms with E-state index in [-0.39, 0.29) is 18.5 Å². The van der Waals surface area contributed by atoms with Gasteiger partial charge in [0.15, 0.2) is 0 Å². The lowest BCUT2D eigenvalue weighted by Crippen LogP contribution is -2.25. The van der Waals surface area contributed by atoms with Gasteiger partial charge in [0, 0.05) is 19.0 Å². The molecule has 0 aliphatic rings. The summed E-state index contributed by atoms with van der Waals surface area (Å²) in [4.78, 5) is 31.1. The fourth-order valence-corrected chi connectivity index (χ4v) is 2.01. The Morgan fingerprint density at radius 2 is 1.91 bits per heavy atom. The van der Waals surface area contributed by atoms with Gasteiger partial charge in [0.1, 0.15) is 11.3 Å². The second-order valence-electron chi connectivity index (χ2n) is 4.97. The number of nitrogens with zero attached hydrogens (tertiary/aromatic N) is 2. The van der Waals surface area contributed by atoms with Crippen molar-refractivity contribution < 1.29 is 19.1 Å². The highest BCUT2D eigenvalue weighted by molar-refractivity contribution is 6.04. The predicted octanol–water partition coefficient (Wildman–Crippen LogP) is 1.98. The summed E-state index contributed by atoms with van der Waals surface area (Å²) in [6.45, 7) is 3.72. The molecular weight excluding hydrogens is 289 g/mol. The van der Waals surface area contributed by atoms with Gasteiger partial charge in [-0.05, 0) is 26.3 Å². The molecule has 0 atom stereocenters. The van der Waals surface area contributed by atoms with E-state index in [1.165, 1.54) is 6.07 Å². The SMILES string of the molecule is Cc1nc2cc(F)cc(C(=O)NCCCC(=O)O)c2nc1C. The Kier molecular flexibility index (Phi) is 4.65. The summed E-state index contributed by atoms with van der Waals surface area (Å²) in [5.74, 6) is -1.99. The molecule has 7 heteroatoms. The Bertz CT molecular complexity index is 746. The third-order valence-electron chi connectivity index (χ3n) is 3.24. The van der Waals surface area contributed by atoms with Crippen LogP contribution in [0.1, 0.15) is 34.6 Å². The average Bonchev–Trinajstić information content (AvgIpc) is 2.44. The van der Waals surface area contributed by atoms with E-state index in [9.17, 15) is 14.0 Å². The number of aromatic nitrogens is 2. The minimum atomic E-state index is -0.928. The number of carboxylic acids is 1. The van der Waals surface area contributed by atoms with E-state index in [1.807, 2.05) is 0 Å². The molecule has 0 bridgehead atoms. The number of fused-ring (bicyclic) bond motifs is 1. The van der Waals surface area contributed by atoms with Crippen molar-refractivity contribution in [3.05, 3.63) is 34.9 Å². The van der Waals surface area contributed by atoms with Crippen LogP contribution in [0, 0.1) is 19.7 Å². The molecule has 0 radical (unpaired) electrons. The fourth-order valence-electron chi connectivity index (χ4n) is 2.01. The smallest absolute Gasteiger partial charge is 0.303 e. The largest absolute Gasteiger partial charge is 0.481 e. The standard InChI is InChI=1S/C15H16FN3O3/c1-8-9(2)19-14-11(6-10(16)7-12(14)18-8)15(22)17-5-3-4-13(20)21/h6-7H,3-5H2,1-2H3,(H,17,22)(H,20,21). The van der Waals surface area contributed by atoms with Crippen molar-refractivity contribution in [3.63, 3.8) is 0 Å². The Hall–Kier alpha value is -2.57. The molecule has 2 rings (SSSR count). The van der Waals surface area contributed by atoms with E-state index in [4.69, 9.17) is 5.11 Å². The van der Waals surface area contributed by atoms with Crippen LogP contribution in [-0.4, -0.2) is 33.5 Å². The molecule has 2 N–H and O–H groups in total. The molecule has 0 saturated heterocycles. The van der Waals surface area contributed by atoms with Gasteiger partial charge < -0.3 is 10.4 Å². The van der Waals surface area contributed by atoms with Crippen molar-refractivity contribution >= 4 is 22.9 Å². The minimum absolute atomic E-state index is 0.0394. The lowest BCUT2D eigenvalue weighted by Gasteiger charge is -2.09. The first-order chi connectivity index (χ1) is 10.4. The average molecular weight is 305 g/mol. The summed E-state index contributed by atoms with van der Waals surface area (Å²) in [6.07, 6.45) is 0.264. The van der Waals surface area contributed by atoms with E-state index in [0.717, 1.165) is 6.07 Å². The number of benzene rings is 1. The third-order valence-corrected chi connectivity index (χ3v) is 3.24. The van der Waals surface area contributed by atoms with E-state index in [2.05, 4.69) is 15.3 Å². The van der Waals surface area contributed by atoms with Crippen LogP contribution >= 0.6 is 0 Å². The van der Waals surface area contributed by atoms with Gasteiger partial charge >= 0.3 is 5.97 Å². The van der Waals surface area contributed by atoms with Gasteiger partial charge in [0.05, 0.1) is 22.5 Å². The van der Waals surface area contributed by atoms with Crippen LogP contribution in [0.25, 0.3) is 11.0 Å². The van der Waals surface area contributed by atoms with Crippen LogP contribution in [0.4, 0.5) is 4.39 Å². The maximum Gasteiger partial charge on any atom is 0.303 e. The highest BCUT2D eigenvalue weighted by atomic mass is 19.1. The molecule has 1 amide bonds. The summed E-state index contributed by atoms with van der Waals surface area (Å²) in [5.41, 5.74) is 2.09. The van der Waals surface area contributed by atoms with Crippen LogP contribution in [-0.2, 0) is 4.79 Å². The quantitative estimate of drug-likeness (QED) is 0.824. The molecule has 1 aromatic heterocycles. The first kappa shape index (κ1) is 15.8. The van der Waals surface area contributed by atoms with Crippen LogP contribution in [0.15, 0.2) is 12.1 Å². The first-order valence-corrected chi connectivity index (χ1v) is 6.83. The van der Waals surface area contributed by atoms with Gasteiger partial charge in [-0.1, -0.05) is 0 Å². The second-order valence-corrected chi connectivity index (χ2v) is 4.97. The molecule has 0 fully saturated rings. The number of halogens is 1. The maximum atomic E-state index is 13.7. The summed E-state index contributed by atoms with van der Waals surface area (Å²) in [5, 5.41) is 11.1. The number of carboxylic acid groups (broad SMARTS) is 1. The minimum Gasteiger partial charge on any atom is -0.481 e. The first-order valence-electron chi connectivity index (χ1n) is 6.83. The van der Waals surface area contributed by atoms with Crippen molar-refractivity contribution in [3.8, 4) is 0 Å². The molecule has 1 aromatic carbocycles. The van der Waals surface area contributed by atoms with Crippen LogP contribution in [0.3, 0.4) is 0 Å². The van der Waals surface area contributed by atoms with Crippen molar-refractivity contribution in [1.82, 2.24) is 15.3 Å². The zero-order chi connectivity index (χ0) is 16.3. The number of hydrogen-bond acceptors (Lipinski definition) is 4. The predicted molar refractivity (Wildman–Crippen MR) is 78.2 cm³/mol. The Labute approximate surface area is 126 Å². The van der Waals surface area contributed by atoms with E-state index >= 15 is 0 Å². The van der Waals surface area contributed by atoms with Crippen LogP contribution in [0.5, 0.6) is 0 Å². The number of nitrogens with one attached hydrogen (secondary N) is 1. The molecule has 0 aliphatic carbocycles. The maximum absolute atomic E-state index is 13.7. The van der Waals surface area contributed by atoms with Crippen LogP contribution < -0.4 is 5.32 Å². The van der Waals surface area contributed by atoms with Gasteiger partial charge in [-0.2, -0.15) is 0 Å². The molecule has 6 nitrogen and oxygen atoms in total. The Morgan fingerprint density at radius 3 is 2.59 bits per heavy atom. The number of rotatable bonds is 5. The van der Waals surface area contributed by atoms with Crippen molar-refractivity contribution in [2.24, 2.45) is 0 Å². The van der Waals surface area contributed by atoms with Gasteiger partial charge in [0.2, 0.25) is 0 Å². The van der Waals surface area contributed by atoms with Gasteiger partial charge in [-0.3, -0.25) is 9.59 Å². The zero-order valence-electron chi connectivity index (χ0n) is 12.3. The number of aryl methyl sites for hydroxylation is 2. The molecule has 2 aromatic rings. The number of carbonyl (C=O) groups excluding carboxylic acids is 1. The number of amides is 1. The topological polar surface area (TPSA) is 92.2 Å². The van der Waals surface area contributed by atoms with Gasteiger partial charge in [0.25, 0.3) is 5.91 Å². The monoisotopic (exact) mass is 305 g/mol. The molecular formula is C15H16FN3O3. The summed E-state index contributed by atoms with van der Waals surface area (Å²) < 4.78 is 13.7. The lowest BCUT2D eigenvalue weighted by molar-refractivity contribution is -0.137. The van der Waals surface area contributed by atoms with Crippen molar-refractivity contribution in [2.45, 2.75) is 26.7 Å². The second kappa shape index (κ2) is 6.46. The molecule has 22 heavy (non-hydrogen) atoms. The van der Waals surface area contributed by atoms with Crippen molar-refractivity contribution in [1.29, 1.82) is 0 Å². The molecule has 0 aliphatic heterocycles. The zero-order valence-corrected chi connectivity index (χ0v) is 12.3. The van der Waals surface area contributed by atoms with E-state index in [1.54, 1.807) is 13.8 Å².